The maximum Gasteiger partial charge on any atom is 0.340 e. The Morgan fingerprint density at radius 3 is 2.68 bits per heavy atom. The summed E-state index contributed by atoms with van der Waals surface area (Å²) in [5.74, 6) is -0.752. The molecule has 0 aliphatic heterocycles. The molecule has 138 valence electrons. The van der Waals surface area contributed by atoms with Crippen molar-refractivity contribution in [1.82, 2.24) is 5.32 Å². The molecule has 3 N–H and O–H groups in total. The van der Waals surface area contributed by atoms with Gasteiger partial charge in [0.15, 0.2) is 0 Å². The van der Waals surface area contributed by atoms with Gasteiger partial charge in [-0.05, 0) is 18.6 Å². The Bertz CT molecular complexity index is 834. The van der Waals surface area contributed by atoms with Gasteiger partial charge in [0.1, 0.15) is 11.3 Å². The number of rotatable bonds is 6. The average Bonchev–Trinajstić information content (AvgIpc) is 2.56. The van der Waals surface area contributed by atoms with Crippen LogP contribution in [0.15, 0.2) is 15.3 Å². The number of methoxy groups -OCH3 is 1. The van der Waals surface area contributed by atoms with E-state index in [0.29, 0.717) is 23.1 Å². The molecule has 2 aromatic rings. The summed E-state index contributed by atoms with van der Waals surface area (Å²) in [5.41, 5.74) is 0.562. The van der Waals surface area contributed by atoms with Crippen LogP contribution in [0.4, 0.5) is 0 Å². The molecule has 9 heteroatoms. The summed E-state index contributed by atoms with van der Waals surface area (Å²) >= 11 is 6.06. The lowest BCUT2D eigenvalue weighted by Crippen LogP contribution is -2.19. The Morgan fingerprint density at radius 2 is 2.08 bits per heavy atom. The predicted molar refractivity (Wildman–Crippen MR) is 95.7 cm³/mol. The van der Waals surface area contributed by atoms with E-state index in [-0.39, 0.29) is 53.9 Å². The quantitative estimate of drug-likeness (QED) is 0.390. The maximum absolute atomic E-state index is 12.2. The molecule has 7 nitrogen and oxygen atoms in total. The number of carbonyl (C=O) groups is 1. The number of aliphatic hydroxyl groups excluding tert-OH is 1. The molecule has 25 heavy (non-hydrogen) atoms. The number of fused-ring (bicyclic) bond motifs is 1. The van der Waals surface area contributed by atoms with E-state index in [1.54, 1.807) is 6.92 Å². The zero-order valence-electron chi connectivity index (χ0n) is 13.7. The standard InChI is InChI=1S/C16H18ClNO6.ClH/c1-8-9-5-12(17)14(21)11(7-18-3-4-19)15(9)24-16(22)10(8)6-13(20)23-2;/h5,18-19,21H,3-4,6-7H2,1-2H3;1H. The number of aromatic hydroxyl groups is 1. The highest BCUT2D eigenvalue weighted by molar-refractivity contribution is 6.33. The minimum Gasteiger partial charge on any atom is -0.506 e. The molecule has 0 fully saturated rings. The first-order chi connectivity index (χ1) is 11.4. The number of phenols is 1. The number of halogens is 2. The molecule has 1 aromatic carbocycles. The topological polar surface area (TPSA) is 109 Å². The van der Waals surface area contributed by atoms with Crippen LogP contribution in [0.5, 0.6) is 5.75 Å². The van der Waals surface area contributed by atoms with Gasteiger partial charge in [-0.1, -0.05) is 11.6 Å². The molecule has 0 aliphatic rings. The van der Waals surface area contributed by atoms with Crippen molar-refractivity contribution >= 4 is 40.9 Å². The monoisotopic (exact) mass is 391 g/mol. The second-order valence-corrected chi connectivity index (χ2v) is 5.62. The third-order valence-electron chi connectivity index (χ3n) is 3.74. The zero-order chi connectivity index (χ0) is 17.9. The second-order valence-electron chi connectivity index (χ2n) is 5.21. The van der Waals surface area contributed by atoms with Crippen molar-refractivity contribution in [3.8, 4) is 5.75 Å². The summed E-state index contributed by atoms with van der Waals surface area (Å²) in [6, 6.07) is 1.49. The molecule has 0 saturated carbocycles. The summed E-state index contributed by atoms with van der Waals surface area (Å²) < 4.78 is 9.92. The number of aliphatic hydroxyl groups is 1. The molecule has 0 unspecified atom stereocenters. The minimum atomic E-state index is -0.671. The maximum atomic E-state index is 12.2. The highest BCUT2D eigenvalue weighted by Crippen LogP contribution is 2.36. The minimum absolute atomic E-state index is 0. The van der Waals surface area contributed by atoms with Crippen LogP contribution in [0, 0.1) is 6.92 Å². The summed E-state index contributed by atoms with van der Waals surface area (Å²) in [4.78, 5) is 23.7. The van der Waals surface area contributed by atoms with Gasteiger partial charge >= 0.3 is 11.6 Å². The van der Waals surface area contributed by atoms with Gasteiger partial charge in [-0.15, -0.1) is 12.4 Å². The summed E-state index contributed by atoms with van der Waals surface area (Å²) in [7, 11) is 1.24. The van der Waals surface area contributed by atoms with Crippen LogP contribution in [0.3, 0.4) is 0 Å². The van der Waals surface area contributed by atoms with E-state index in [2.05, 4.69) is 10.1 Å². The SMILES string of the molecule is COC(=O)Cc1c(C)c2cc(Cl)c(O)c(CNCCO)c2oc1=O.Cl. The number of esters is 1. The van der Waals surface area contributed by atoms with Gasteiger partial charge in [0.25, 0.3) is 0 Å². The van der Waals surface area contributed by atoms with E-state index in [4.69, 9.17) is 21.1 Å². The number of nitrogens with one attached hydrogen (secondary N) is 1. The Labute approximate surface area is 155 Å². The Kier molecular flexibility index (Phi) is 7.69. The molecule has 0 saturated heterocycles. The van der Waals surface area contributed by atoms with Crippen molar-refractivity contribution in [1.29, 1.82) is 0 Å². The highest BCUT2D eigenvalue weighted by Gasteiger charge is 2.20. The number of aryl methyl sites for hydroxylation is 1. The first kappa shape index (κ1) is 21.2. The lowest BCUT2D eigenvalue weighted by atomic mass is 10.0. The van der Waals surface area contributed by atoms with E-state index in [0.717, 1.165) is 0 Å². The Balaban J connectivity index is 0.00000312. The molecular weight excluding hydrogens is 373 g/mol. The smallest absolute Gasteiger partial charge is 0.340 e. The number of hydrogen-bond acceptors (Lipinski definition) is 7. The first-order valence-corrected chi connectivity index (χ1v) is 7.63. The van der Waals surface area contributed by atoms with Gasteiger partial charge in [-0.25, -0.2) is 4.79 Å². The van der Waals surface area contributed by atoms with Crippen LogP contribution < -0.4 is 10.9 Å². The van der Waals surface area contributed by atoms with Gasteiger partial charge in [0, 0.05) is 18.5 Å². The summed E-state index contributed by atoms with van der Waals surface area (Å²) in [5, 5.41) is 22.5. The van der Waals surface area contributed by atoms with Crippen LogP contribution in [0.1, 0.15) is 16.7 Å². The number of carbonyl (C=O) groups excluding carboxylic acids is 1. The van der Waals surface area contributed by atoms with Gasteiger partial charge < -0.3 is 24.7 Å². The van der Waals surface area contributed by atoms with E-state index >= 15 is 0 Å². The van der Waals surface area contributed by atoms with E-state index in [1.165, 1.54) is 13.2 Å². The van der Waals surface area contributed by atoms with Gasteiger partial charge in [0.05, 0.1) is 36.3 Å². The Morgan fingerprint density at radius 1 is 1.40 bits per heavy atom. The molecular formula is C16H19Cl2NO6. The van der Waals surface area contributed by atoms with E-state index < -0.39 is 11.6 Å². The molecule has 0 aliphatic carbocycles. The fourth-order valence-corrected chi connectivity index (χ4v) is 2.64. The van der Waals surface area contributed by atoms with Gasteiger partial charge in [0.2, 0.25) is 0 Å². The molecule has 1 heterocycles. The van der Waals surface area contributed by atoms with Crippen molar-refractivity contribution in [2.24, 2.45) is 0 Å². The number of phenolic OH excluding ortho intramolecular Hbond substituents is 1. The highest BCUT2D eigenvalue weighted by atomic mass is 35.5. The van der Waals surface area contributed by atoms with Crippen LogP contribution >= 0.6 is 24.0 Å². The summed E-state index contributed by atoms with van der Waals surface area (Å²) in [6.07, 6.45) is -0.211. The number of ether oxygens (including phenoxy) is 1. The predicted octanol–water partition coefficient (Wildman–Crippen LogP) is 1.68. The van der Waals surface area contributed by atoms with Gasteiger partial charge in [-0.3, -0.25) is 4.79 Å². The van der Waals surface area contributed by atoms with Crippen LogP contribution in [0.25, 0.3) is 11.0 Å². The van der Waals surface area contributed by atoms with Crippen molar-refractivity contribution in [3.63, 3.8) is 0 Å². The van der Waals surface area contributed by atoms with Crippen molar-refractivity contribution < 1.29 is 24.2 Å². The number of benzene rings is 1. The van der Waals surface area contributed by atoms with Gasteiger partial charge in [-0.2, -0.15) is 0 Å². The second kappa shape index (κ2) is 9.05. The molecule has 0 radical (unpaired) electrons. The van der Waals surface area contributed by atoms with Crippen molar-refractivity contribution in [2.75, 3.05) is 20.3 Å². The molecule has 1 aromatic heterocycles. The molecule has 2 rings (SSSR count). The van der Waals surface area contributed by atoms with Crippen molar-refractivity contribution in [2.45, 2.75) is 19.9 Å². The third-order valence-corrected chi connectivity index (χ3v) is 4.03. The Hall–Kier alpha value is -1.80. The molecule has 0 bridgehead atoms. The van der Waals surface area contributed by atoms with Crippen molar-refractivity contribution in [3.05, 3.63) is 38.2 Å². The number of hydrogen-bond donors (Lipinski definition) is 3. The van der Waals surface area contributed by atoms with E-state index in [9.17, 15) is 14.7 Å². The molecule has 0 amide bonds. The molecule has 0 atom stereocenters. The lowest BCUT2D eigenvalue weighted by Gasteiger charge is -2.13. The largest absolute Gasteiger partial charge is 0.506 e. The fourth-order valence-electron chi connectivity index (χ4n) is 2.42. The van der Waals surface area contributed by atoms with Crippen LogP contribution in [0.2, 0.25) is 5.02 Å². The third kappa shape index (κ3) is 4.43. The first-order valence-electron chi connectivity index (χ1n) is 7.25. The van der Waals surface area contributed by atoms with E-state index in [1.807, 2.05) is 0 Å². The normalized spacial score (nSPS) is 10.6. The van der Waals surface area contributed by atoms with Crippen LogP contribution in [-0.2, 0) is 22.5 Å². The molecule has 0 spiro atoms. The van der Waals surface area contributed by atoms with Crippen LogP contribution in [-0.4, -0.2) is 36.4 Å². The summed E-state index contributed by atoms with van der Waals surface area (Å²) in [6.45, 7) is 2.06. The zero-order valence-corrected chi connectivity index (χ0v) is 15.3. The average molecular weight is 392 g/mol. The fraction of sp³-hybridized carbons (Fsp3) is 0.375. The lowest BCUT2D eigenvalue weighted by molar-refractivity contribution is -0.139.